The van der Waals surface area contributed by atoms with Gasteiger partial charge >= 0.3 is 0 Å². The van der Waals surface area contributed by atoms with Crippen LogP contribution in [0.15, 0.2) is 18.3 Å². The minimum Gasteiger partial charge on any atom is -0.329 e. The summed E-state index contributed by atoms with van der Waals surface area (Å²) < 4.78 is 0. The lowest BCUT2D eigenvalue weighted by Crippen LogP contribution is -2.36. The van der Waals surface area contributed by atoms with Crippen molar-refractivity contribution in [3.8, 4) is 0 Å². The van der Waals surface area contributed by atoms with Crippen molar-refractivity contribution in [1.29, 1.82) is 0 Å². The minimum atomic E-state index is 0.292. The van der Waals surface area contributed by atoms with Crippen LogP contribution in [-0.2, 0) is 0 Å². The first-order chi connectivity index (χ1) is 9.02. The summed E-state index contributed by atoms with van der Waals surface area (Å²) in [5, 5.41) is 0. The summed E-state index contributed by atoms with van der Waals surface area (Å²) in [6.07, 6.45) is 1.97. The topological polar surface area (TPSA) is 45.4 Å². The van der Waals surface area contributed by atoms with Gasteiger partial charge in [-0.25, -0.2) is 0 Å². The quantitative estimate of drug-likeness (QED) is 0.887. The molecule has 2 heterocycles. The van der Waals surface area contributed by atoms with Crippen molar-refractivity contribution in [1.82, 2.24) is 14.8 Å². The number of hydrogen-bond donors (Lipinski definition) is 1. The Morgan fingerprint density at radius 1 is 1.42 bits per heavy atom. The van der Waals surface area contributed by atoms with Crippen LogP contribution in [0, 0.1) is 12.8 Å². The Bertz CT molecular complexity index is 401. The number of aryl methyl sites for hydroxylation is 1. The van der Waals surface area contributed by atoms with Crippen LogP contribution in [0.4, 0.5) is 0 Å². The maximum atomic E-state index is 6.01. The second kappa shape index (κ2) is 5.99. The predicted molar refractivity (Wildman–Crippen MR) is 79.0 cm³/mol. The number of aromatic nitrogens is 1. The van der Waals surface area contributed by atoms with E-state index in [1.807, 2.05) is 13.1 Å². The van der Waals surface area contributed by atoms with E-state index < -0.39 is 0 Å². The average molecular weight is 262 g/mol. The first-order valence-electron chi connectivity index (χ1n) is 7.06. The number of likely N-dealkylation sites (tertiary alicyclic amines) is 1. The van der Waals surface area contributed by atoms with Gasteiger partial charge in [0, 0.05) is 43.6 Å². The van der Waals surface area contributed by atoms with E-state index in [0.29, 0.717) is 24.5 Å². The molecular formula is C15H26N4. The molecule has 1 saturated heterocycles. The zero-order valence-corrected chi connectivity index (χ0v) is 12.5. The zero-order valence-electron chi connectivity index (χ0n) is 12.5. The van der Waals surface area contributed by atoms with Gasteiger partial charge in [-0.1, -0.05) is 13.0 Å². The van der Waals surface area contributed by atoms with E-state index in [1.54, 1.807) is 0 Å². The molecule has 1 fully saturated rings. The number of rotatable bonds is 4. The summed E-state index contributed by atoms with van der Waals surface area (Å²) in [6.45, 7) is 7.19. The van der Waals surface area contributed by atoms with Gasteiger partial charge in [0.1, 0.15) is 0 Å². The first kappa shape index (κ1) is 14.4. The SMILES string of the molecule is Cc1ccc(C(CN)N2CC(C)C(N(C)C)C2)cn1. The van der Waals surface area contributed by atoms with E-state index >= 15 is 0 Å². The molecule has 2 rings (SSSR count). The molecule has 1 aliphatic rings. The van der Waals surface area contributed by atoms with E-state index in [4.69, 9.17) is 5.73 Å². The van der Waals surface area contributed by atoms with Gasteiger partial charge in [0.2, 0.25) is 0 Å². The number of likely N-dealkylation sites (N-methyl/N-ethyl adjacent to an activating group) is 1. The van der Waals surface area contributed by atoms with Crippen LogP contribution < -0.4 is 5.73 Å². The zero-order chi connectivity index (χ0) is 14.0. The number of hydrogen-bond acceptors (Lipinski definition) is 4. The minimum absolute atomic E-state index is 0.292. The lowest BCUT2D eigenvalue weighted by Gasteiger charge is -2.28. The van der Waals surface area contributed by atoms with Crippen LogP contribution in [0.3, 0.4) is 0 Å². The Kier molecular flexibility index (Phi) is 4.55. The molecule has 0 saturated carbocycles. The van der Waals surface area contributed by atoms with Crippen LogP contribution in [0.5, 0.6) is 0 Å². The van der Waals surface area contributed by atoms with Gasteiger partial charge < -0.3 is 10.6 Å². The Balaban J connectivity index is 2.13. The summed E-state index contributed by atoms with van der Waals surface area (Å²) in [4.78, 5) is 9.23. The lowest BCUT2D eigenvalue weighted by molar-refractivity contribution is 0.219. The van der Waals surface area contributed by atoms with Crippen molar-refractivity contribution < 1.29 is 0 Å². The molecule has 1 aliphatic heterocycles. The molecule has 1 aromatic rings. The highest BCUT2D eigenvalue weighted by Crippen LogP contribution is 2.28. The first-order valence-corrected chi connectivity index (χ1v) is 7.06. The fourth-order valence-corrected chi connectivity index (χ4v) is 3.09. The largest absolute Gasteiger partial charge is 0.329 e. The van der Waals surface area contributed by atoms with Crippen LogP contribution in [0.1, 0.15) is 24.2 Å². The van der Waals surface area contributed by atoms with Gasteiger partial charge in [0.05, 0.1) is 0 Å². The van der Waals surface area contributed by atoms with Crippen molar-refractivity contribution in [2.45, 2.75) is 25.9 Å². The summed E-state index contributed by atoms with van der Waals surface area (Å²) in [7, 11) is 4.32. The second-order valence-corrected chi connectivity index (χ2v) is 5.95. The lowest BCUT2D eigenvalue weighted by atomic mass is 10.1. The highest BCUT2D eigenvalue weighted by molar-refractivity contribution is 5.18. The molecule has 0 aromatic carbocycles. The third-order valence-corrected chi connectivity index (χ3v) is 4.25. The van der Waals surface area contributed by atoms with E-state index in [0.717, 1.165) is 18.8 Å². The van der Waals surface area contributed by atoms with E-state index in [2.05, 4.69) is 47.9 Å². The maximum Gasteiger partial charge on any atom is 0.0486 e. The Morgan fingerprint density at radius 2 is 2.16 bits per heavy atom. The summed E-state index contributed by atoms with van der Waals surface area (Å²) in [5.41, 5.74) is 8.30. The molecule has 106 valence electrons. The van der Waals surface area contributed by atoms with Crippen molar-refractivity contribution in [2.75, 3.05) is 33.7 Å². The molecule has 0 amide bonds. The second-order valence-electron chi connectivity index (χ2n) is 5.95. The fraction of sp³-hybridized carbons (Fsp3) is 0.667. The standard InChI is InChI=1S/C15H26N4/c1-11-9-19(10-15(11)18(3)4)14(7-16)13-6-5-12(2)17-8-13/h5-6,8,11,14-15H,7,9-10,16H2,1-4H3. The Labute approximate surface area is 116 Å². The molecule has 19 heavy (non-hydrogen) atoms. The van der Waals surface area contributed by atoms with Crippen molar-refractivity contribution in [2.24, 2.45) is 11.7 Å². The van der Waals surface area contributed by atoms with Crippen LogP contribution >= 0.6 is 0 Å². The molecular weight excluding hydrogens is 236 g/mol. The van der Waals surface area contributed by atoms with Gasteiger partial charge in [-0.05, 0) is 38.6 Å². The highest BCUT2D eigenvalue weighted by atomic mass is 15.3. The molecule has 0 bridgehead atoms. The molecule has 0 aliphatic carbocycles. The number of nitrogens with two attached hydrogens (primary N) is 1. The molecule has 3 atom stereocenters. The predicted octanol–water partition coefficient (Wildman–Crippen LogP) is 1.27. The normalized spacial score (nSPS) is 26.0. The van der Waals surface area contributed by atoms with Gasteiger partial charge in [0.25, 0.3) is 0 Å². The molecule has 4 heteroatoms. The van der Waals surface area contributed by atoms with Crippen LogP contribution in [-0.4, -0.2) is 54.6 Å². The molecule has 4 nitrogen and oxygen atoms in total. The van der Waals surface area contributed by atoms with Crippen molar-refractivity contribution in [3.05, 3.63) is 29.6 Å². The molecule has 3 unspecified atom stereocenters. The van der Waals surface area contributed by atoms with Gasteiger partial charge in [-0.3, -0.25) is 9.88 Å². The number of nitrogens with zero attached hydrogens (tertiary/aromatic N) is 3. The van der Waals surface area contributed by atoms with E-state index in [9.17, 15) is 0 Å². The van der Waals surface area contributed by atoms with Crippen molar-refractivity contribution in [3.63, 3.8) is 0 Å². The summed E-state index contributed by atoms with van der Waals surface area (Å²) in [5.74, 6) is 0.683. The van der Waals surface area contributed by atoms with Gasteiger partial charge in [0.15, 0.2) is 0 Å². The Hall–Kier alpha value is -0.970. The Morgan fingerprint density at radius 3 is 2.63 bits per heavy atom. The molecule has 2 N–H and O–H groups in total. The molecule has 0 spiro atoms. The van der Waals surface area contributed by atoms with Crippen LogP contribution in [0.2, 0.25) is 0 Å². The third-order valence-electron chi connectivity index (χ3n) is 4.25. The van der Waals surface area contributed by atoms with Gasteiger partial charge in [-0.15, -0.1) is 0 Å². The monoisotopic (exact) mass is 262 g/mol. The van der Waals surface area contributed by atoms with Gasteiger partial charge in [-0.2, -0.15) is 0 Å². The maximum absolute atomic E-state index is 6.01. The van der Waals surface area contributed by atoms with E-state index in [-0.39, 0.29) is 0 Å². The number of pyridine rings is 1. The summed E-state index contributed by atoms with van der Waals surface area (Å²) in [6, 6.07) is 5.14. The van der Waals surface area contributed by atoms with Crippen LogP contribution in [0.25, 0.3) is 0 Å². The fourth-order valence-electron chi connectivity index (χ4n) is 3.09. The molecule has 1 aromatic heterocycles. The van der Waals surface area contributed by atoms with Crippen molar-refractivity contribution >= 4 is 0 Å². The van der Waals surface area contributed by atoms with E-state index in [1.165, 1.54) is 5.56 Å². The smallest absolute Gasteiger partial charge is 0.0486 e. The summed E-state index contributed by atoms with van der Waals surface area (Å²) >= 11 is 0. The highest BCUT2D eigenvalue weighted by Gasteiger charge is 2.34. The molecule has 0 radical (unpaired) electrons. The average Bonchev–Trinajstić information content (AvgIpc) is 2.75. The third kappa shape index (κ3) is 3.14.